The SMILES string of the molecule is O=C(c1sc2sccc2c1Cl)N1CCS(=O)(=O)CC1. The lowest BCUT2D eigenvalue weighted by atomic mass is 10.3. The fourth-order valence-corrected chi connectivity index (χ4v) is 5.78. The van der Waals surface area contributed by atoms with Gasteiger partial charge in [0.1, 0.15) is 4.88 Å². The molecular weight excluding hydrogens is 326 g/mol. The highest BCUT2D eigenvalue weighted by molar-refractivity contribution is 7.91. The maximum atomic E-state index is 12.4. The average molecular weight is 336 g/mol. The smallest absolute Gasteiger partial charge is 0.265 e. The minimum absolute atomic E-state index is 0.0378. The van der Waals surface area contributed by atoms with E-state index in [4.69, 9.17) is 11.6 Å². The van der Waals surface area contributed by atoms with Crippen molar-refractivity contribution in [3.8, 4) is 0 Å². The summed E-state index contributed by atoms with van der Waals surface area (Å²) in [6.45, 7) is 0.506. The van der Waals surface area contributed by atoms with Crippen LogP contribution in [0.3, 0.4) is 0 Å². The van der Waals surface area contributed by atoms with Gasteiger partial charge in [-0.2, -0.15) is 0 Å². The van der Waals surface area contributed by atoms with Crippen molar-refractivity contribution < 1.29 is 13.2 Å². The third kappa shape index (κ3) is 2.40. The van der Waals surface area contributed by atoms with Gasteiger partial charge in [-0.3, -0.25) is 4.79 Å². The molecule has 102 valence electrons. The molecule has 2 aromatic heterocycles. The molecule has 2 aromatic rings. The molecule has 1 fully saturated rings. The second-order valence-corrected chi connectivity index (χ2v) is 9.19. The van der Waals surface area contributed by atoms with Crippen molar-refractivity contribution in [1.29, 1.82) is 0 Å². The summed E-state index contributed by atoms with van der Waals surface area (Å²) in [4.78, 5) is 14.4. The molecule has 0 N–H and O–H groups in total. The summed E-state index contributed by atoms with van der Waals surface area (Å²) >= 11 is 9.15. The molecule has 0 bridgehead atoms. The van der Waals surface area contributed by atoms with Gasteiger partial charge in [0.2, 0.25) is 0 Å². The normalized spacial score (nSPS) is 18.9. The molecule has 1 amide bonds. The minimum atomic E-state index is -2.98. The molecule has 0 saturated carbocycles. The van der Waals surface area contributed by atoms with Crippen LogP contribution in [0, 0.1) is 0 Å². The van der Waals surface area contributed by atoms with Crippen LogP contribution in [0.25, 0.3) is 9.40 Å². The number of rotatable bonds is 1. The predicted molar refractivity (Wildman–Crippen MR) is 79.3 cm³/mol. The molecule has 3 heterocycles. The first-order valence-corrected chi connectivity index (χ1v) is 9.53. The summed E-state index contributed by atoms with van der Waals surface area (Å²) in [5.41, 5.74) is 0. The van der Waals surface area contributed by atoms with Crippen LogP contribution in [0.2, 0.25) is 5.02 Å². The van der Waals surface area contributed by atoms with Crippen LogP contribution in [0.5, 0.6) is 0 Å². The molecule has 1 aliphatic heterocycles. The number of fused-ring (bicyclic) bond motifs is 1. The second-order valence-electron chi connectivity index (χ2n) is 4.31. The van der Waals surface area contributed by atoms with E-state index in [0.29, 0.717) is 9.90 Å². The van der Waals surface area contributed by atoms with Crippen molar-refractivity contribution in [2.75, 3.05) is 24.6 Å². The highest BCUT2D eigenvalue weighted by Gasteiger charge is 2.28. The summed E-state index contributed by atoms with van der Waals surface area (Å²) in [7, 11) is -2.98. The zero-order chi connectivity index (χ0) is 13.6. The van der Waals surface area contributed by atoms with Gasteiger partial charge in [0, 0.05) is 18.5 Å². The van der Waals surface area contributed by atoms with E-state index in [9.17, 15) is 13.2 Å². The van der Waals surface area contributed by atoms with E-state index in [-0.39, 0.29) is 30.5 Å². The first kappa shape index (κ1) is 13.4. The number of hydrogen-bond donors (Lipinski definition) is 0. The molecule has 3 rings (SSSR count). The Kier molecular flexibility index (Phi) is 3.33. The van der Waals surface area contributed by atoms with E-state index in [1.807, 2.05) is 11.4 Å². The van der Waals surface area contributed by atoms with Crippen molar-refractivity contribution >= 4 is 59.4 Å². The second kappa shape index (κ2) is 4.73. The molecule has 0 radical (unpaired) electrons. The van der Waals surface area contributed by atoms with Crippen LogP contribution in [0.15, 0.2) is 11.4 Å². The number of amides is 1. The highest BCUT2D eigenvalue weighted by atomic mass is 35.5. The Bertz CT molecular complexity index is 732. The molecular formula is C11H10ClNO3S3. The fraction of sp³-hybridized carbons (Fsp3) is 0.364. The van der Waals surface area contributed by atoms with Crippen LogP contribution < -0.4 is 0 Å². The van der Waals surface area contributed by atoms with Gasteiger partial charge in [-0.05, 0) is 11.4 Å². The van der Waals surface area contributed by atoms with E-state index in [2.05, 4.69) is 0 Å². The van der Waals surface area contributed by atoms with Gasteiger partial charge in [0.05, 0.1) is 20.5 Å². The first-order chi connectivity index (χ1) is 8.98. The third-order valence-corrected chi connectivity index (χ3v) is 7.43. The molecule has 1 saturated heterocycles. The van der Waals surface area contributed by atoms with E-state index < -0.39 is 9.84 Å². The summed E-state index contributed by atoms with van der Waals surface area (Å²) in [6.07, 6.45) is 0. The Morgan fingerprint density at radius 3 is 2.63 bits per heavy atom. The van der Waals surface area contributed by atoms with Gasteiger partial charge in [-0.25, -0.2) is 8.42 Å². The Morgan fingerprint density at radius 1 is 1.32 bits per heavy atom. The number of sulfone groups is 1. The Balaban J connectivity index is 1.88. The average Bonchev–Trinajstić information content (AvgIpc) is 2.92. The number of hydrogen-bond acceptors (Lipinski definition) is 5. The van der Waals surface area contributed by atoms with Crippen molar-refractivity contribution in [2.24, 2.45) is 0 Å². The van der Waals surface area contributed by atoms with E-state index in [0.717, 1.165) is 9.40 Å². The lowest BCUT2D eigenvalue weighted by Gasteiger charge is -2.26. The van der Waals surface area contributed by atoms with Crippen molar-refractivity contribution in [1.82, 2.24) is 4.90 Å². The minimum Gasteiger partial charge on any atom is -0.336 e. The molecule has 0 atom stereocenters. The highest BCUT2D eigenvalue weighted by Crippen LogP contribution is 2.39. The molecule has 8 heteroatoms. The molecule has 0 aromatic carbocycles. The molecule has 4 nitrogen and oxygen atoms in total. The van der Waals surface area contributed by atoms with E-state index in [1.165, 1.54) is 11.3 Å². The number of nitrogens with zero attached hydrogens (tertiary/aromatic N) is 1. The maximum absolute atomic E-state index is 12.4. The molecule has 0 spiro atoms. The Hall–Kier alpha value is -0.630. The number of thiophene rings is 2. The largest absolute Gasteiger partial charge is 0.336 e. The standard InChI is InChI=1S/C11H10ClNO3S3/c12-8-7-1-4-17-11(7)18-9(8)10(14)13-2-5-19(15,16)6-3-13/h1,4H,2-3,5-6H2. The first-order valence-electron chi connectivity index (χ1n) is 5.63. The van der Waals surface area contributed by atoms with Gasteiger partial charge < -0.3 is 4.90 Å². The lowest BCUT2D eigenvalue weighted by molar-refractivity contribution is 0.0775. The van der Waals surface area contributed by atoms with Gasteiger partial charge in [-0.1, -0.05) is 11.6 Å². The van der Waals surface area contributed by atoms with E-state index in [1.54, 1.807) is 16.2 Å². The zero-order valence-corrected chi connectivity index (χ0v) is 13.0. The van der Waals surface area contributed by atoms with Crippen molar-refractivity contribution in [3.05, 3.63) is 21.3 Å². The number of carbonyl (C=O) groups is 1. The summed E-state index contributed by atoms with van der Waals surface area (Å²) in [5, 5.41) is 3.33. The topological polar surface area (TPSA) is 54.5 Å². The van der Waals surface area contributed by atoms with E-state index >= 15 is 0 Å². The molecule has 1 aliphatic rings. The Labute approximate surface area is 123 Å². The summed E-state index contributed by atoms with van der Waals surface area (Å²) in [5.74, 6) is -0.0834. The van der Waals surface area contributed by atoms with Crippen LogP contribution in [0.4, 0.5) is 0 Å². The number of carbonyl (C=O) groups excluding carboxylic acids is 1. The fourth-order valence-electron chi connectivity index (χ4n) is 1.99. The van der Waals surface area contributed by atoms with Gasteiger partial charge >= 0.3 is 0 Å². The molecule has 0 unspecified atom stereocenters. The van der Waals surface area contributed by atoms with Gasteiger partial charge in [0.15, 0.2) is 9.84 Å². The maximum Gasteiger partial charge on any atom is 0.265 e. The number of halogens is 1. The van der Waals surface area contributed by atoms with Crippen LogP contribution in [-0.2, 0) is 9.84 Å². The lowest BCUT2D eigenvalue weighted by Crippen LogP contribution is -2.43. The van der Waals surface area contributed by atoms with Crippen LogP contribution in [-0.4, -0.2) is 43.8 Å². The molecule has 0 aliphatic carbocycles. The van der Waals surface area contributed by atoms with Gasteiger partial charge in [0.25, 0.3) is 5.91 Å². The van der Waals surface area contributed by atoms with Crippen molar-refractivity contribution in [2.45, 2.75) is 0 Å². The van der Waals surface area contributed by atoms with Gasteiger partial charge in [-0.15, -0.1) is 22.7 Å². The Morgan fingerprint density at radius 2 is 2.00 bits per heavy atom. The quantitative estimate of drug-likeness (QED) is 0.804. The summed E-state index contributed by atoms with van der Waals surface area (Å²) in [6, 6.07) is 1.90. The van der Waals surface area contributed by atoms with Crippen LogP contribution >= 0.6 is 34.3 Å². The van der Waals surface area contributed by atoms with Crippen molar-refractivity contribution in [3.63, 3.8) is 0 Å². The molecule has 19 heavy (non-hydrogen) atoms. The monoisotopic (exact) mass is 335 g/mol. The third-order valence-electron chi connectivity index (χ3n) is 3.09. The van der Waals surface area contributed by atoms with Crippen LogP contribution in [0.1, 0.15) is 9.67 Å². The zero-order valence-electron chi connectivity index (χ0n) is 9.76. The predicted octanol–water partition coefficient (Wildman–Crippen LogP) is 2.49. The summed E-state index contributed by atoms with van der Waals surface area (Å²) < 4.78 is 23.7.